The molecule has 2 rings (SSSR count). The third-order valence-electron chi connectivity index (χ3n) is 3.84. The molecular weight excluding hydrogens is 326 g/mol. The van der Waals surface area contributed by atoms with E-state index < -0.39 is 11.9 Å². The van der Waals surface area contributed by atoms with Crippen LogP contribution in [0.25, 0.3) is 0 Å². The summed E-state index contributed by atoms with van der Waals surface area (Å²) in [7, 11) is 0. The standard InChI is InChI=1S/C16H23NO2.C2H2O4/c1-3-19-16(18)15-5-4-10-17(12-15)11-14-8-6-13(2)7-9-14;3-1(4)2(5)6/h6-9,15H,3-5,10-12H2,1-2H3;(H,3,4)(H,5,6). The van der Waals surface area contributed by atoms with Crippen molar-refractivity contribution < 1.29 is 29.3 Å². The fourth-order valence-corrected chi connectivity index (χ4v) is 2.60. The molecule has 1 atom stereocenters. The Morgan fingerprint density at radius 1 is 1.16 bits per heavy atom. The van der Waals surface area contributed by atoms with Crippen molar-refractivity contribution in [3.8, 4) is 0 Å². The van der Waals surface area contributed by atoms with E-state index >= 15 is 0 Å². The van der Waals surface area contributed by atoms with E-state index in [1.807, 2.05) is 6.92 Å². The summed E-state index contributed by atoms with van der Waals surface area (Å²) in [6.07, 6.45) is 2.04. The van der Waals surface area contributed by atoms with Crippen molar-refractivity contribution in [2.75, 3.05) is 19.7 Å². The summed E-state index contributed by atoms with van der Waals surface area (Å²) in [5.74, 6) is -3.62. The van der Waals surface area contributed by atoms with Gasteiger partial charge in [-0.25, -0.2) is 9.59 Å². The molecule has 0 radical (unpaired) electrons. The van der Waals surface area contributed by atoms with Gasteiger partial charge in [0.15, 0.2) is 0 Å². The first-order chi connectivity index (χ1) is 11.8. The number of aryl methyl sites for hydroxylation is 1. The zero-order chi connectivity index (χ0) is 18.8. The van der Waals surface area contributed by atoms with Gasteiger partial charge in [-0.1, -0.05) is 29.8 Å². The molecule has 0 aromatic heterocycles. The first-order valence-corrected chi connectivity index (χ1v) is 8.24. The average Bonchev–Trinajstić information content (AvgIpc) is 2.58. The Labute approximate surface area is 147 Å². The lowest BCUT2D eigenvalue weighted by molar-refractivity contribution is -0.159. The summed E-state index contributed by atoms with van der Waals surface area (Å²) in [4.78, 5) is 32.3. The van der Waals surface area contributed by atoms with Crippen molar-refractivity contribution >= 4 is 17.9 Å². The van der Waals surface area contributed by atoms with E-state index in [-0.39, 0.29) is 11.9 Å². The lowest BCUT2D eigenvalue weighted by Crippen LogP contribution is -2.38. The number of carbonyl (C=O) groups is 3. The van der Waals surface area contributed by atoms with E-state index in [9.17, 15) is 4.79 Å². The molecule has 1 aliphatic rings. The highest BCUT2D eigenvalue weighted by Gasteiger charge is 2.26. The predicted molar refractivity (Wildman–Crippen MR) is 91.1 cm³/mol. The SMILES string of the molecule is CCOC(=O)C1CCCN(Cc2ccc(C)cc2)C1.O=C(O)C(=O)O. The van der Waals surface area contributed by atoms with Gasteiger partial charge in [0.1, 0.15) is 0 Å². The Balaban J connectivity index is 0.000000450. The van der Waals surface area contributed by atoms with E-state index in [2.05, 4.69) is 36.1 Å². The Morgan fingerprint density at radius 3 is 2.28 bits per heavy atom. The number of rotatable bonds is 4. The Bertz CT molecular complexity index is 572. The highest BCUT2D eigenvalue weighted by atomic mass is 16.5. The van der Waals surface area contributed by atoms with Crippen LogP contribution in [-0.4, -0.2) is 52.7 Å². The molecule has 0 aliphatic carbocycles. The quantitative estimate of drug-likeness (QED) is 0.631. The number of aliphatic carboxylic acids is 2. The molecule has 0 spiro atoms. The maximum Gasteiger partial charge on any atom is 0.414 e. The number of carbonyl (C=O) groups excluding carboxylic acids is 1. The van der Waals surface area contributed by atoms with Crippen molar-refractivity contribution in [1.29, 1.82) is 0 Å². The normalized spacial score (nSPS) is 17.1. The van der Waals surface area contributed by atoms with Gasteiger partial charge in [-0.05, 0) is 38.8 Å². The lowest BCUT2D eigenvalue weighted by Gasteiger charge is -2.31. The molecule has 1 unspecified atom stereocenters. The number of benzene rings is 1. The van der Waals surface area contributed by atoms with Crippen LogP contribution in [0.1, 0.15) is 30.9 Å². The topological polar surface area (TPSA) is 104 Å². The van der Waals surface area contributed by atoms with Gasteiger partial charge in [0.25, 0.3) is 0 Å². The second-order valence-corrected chi connectivity index (χ2v) is 5.92. The molecule has 7 nitrogen and oxygen atoms in total. The number of likely N-dealkylation sites (tertiary alicyclic amines) is 1. The molecule has 0 saturated carbocycles. The molecular formula is C18H25NO6. The average molecular weight is 351 g/mol. The number of hydrogen-bond acceptors (Lipinski definition) is 5. The second-order valence-electron chi connectivity index (χ2n) is 5.92. The monoisotopic (exact) mass is 351 g/mol. The van der Waals surface area contributed by atoms with Crippen LogP contribution in [0.4, 0.5) is 0 Å². The van der Waals surface area contributed by atoms with Gasteiger partial charge in [-0.15, -0.1) is 0 Å². The van der Waals surface area contributed by atoms with Gasteiger partial charge in [-0.2, -0.15) is 0 Å². The second kappa shape index (κ2) is 10.5. The maximum absolute atomic E-state index is 11.8. The summed E-state index contributed by atoms with van der Waals surface area (Å²) in [5.41, 5.74) is 2.60. The molecule has 7 heteroatoms. The van der Waals surface area contributed by atoms with Crippen molar-refractivity contribution in [2.24, 2.45) is 5.92 Å². The number of ether oxygens (including phenoxy) is 1. The summed E-state index contributed by atoms with van der Waals surface area (Å²) in [6.45, 7) is 7.27. The van der Waals surface area contributed by atoms with Crippen LogP contribution in [0.15, 0.2) is 24.3 Å². The van der Waals surface area contributed by atoms with Gasteiger partial charge in [-0.3, -0.25) is 9.69 Å². The number of nitrogens with zero attached hydrogens (tertiary/aromatic N) is 1. The number of esters is 1. The van der Waals surface area contributed by atoms with Crippen molar-refractivity contribution in [1.82, 2.24) is 4.90 Å². The van der Waals surface area contributed by atoms with Crippen LogP contribution in [0.5, 0.6) is 0 Å². The van der Waals surface area contributed by atoms with Crippen molar-refractivity contribution in [3.05, 3.63) is 35.4 Å². The molecule has 1 saturated heterocycles. The van der Waals surface area contributed by atoms with Gasteiger partial charge in [0, 0.05) is 13.1 Å². The minimum Gasteiger partial charge on any atom is -0.473 e. The molecule has 1 aromatic rings. The molecule has 138 valence electrons. The molecule has 1 heterocycles. The fourth-order valence-electron chi connectivity index (χ4n) is 2.60. The lowest BCUT2D eigenvalue weighted by atomic mass is 9.97. The van der Waals surface area contributed by atoms with E-state index in [4.69, 9.17) is 24.5 Å². The molecule has 0 amide bonds. The Morgan fingerprint density at radius 2 is 1.76 bits per heavy atom. The van der Waals surface area contributed by atoms with Gasteiger partial charge < -0.3 is 14.9 Å². The van der Waals surface area contributed by atoms with Gasteiger partial charge in [0.2, 0.25) is 0 Å². The predicted octanol–water partition coefficient (Wildman–Crippen LogP) is 1.93. The van der Waals surface area contributed by atoms with Crippen LogP contribution in [0, 0.1) is 12.8 Å². The third-order valence-corrected chi connectivity index (χ3v) is 3.84. The molecule has 1 aliphatic heterocycles. The maximum atomic E-state index is 11.8. The van der Waals surface area contributed by atoms with E-state index in [1.165, 1.54) is 11.1 Å². The smallest absolute Gasteiger partial charge is 0.414 e. The zero-order valence-electron chi connectivity index (χ0n) is 14.6. The molecule has 1 aromatic carbocycles. The Kier molecular flexibility index (Phi) is 8.63. The number of carboxylic acid groups (broad SMARTS) is 2. The van der Waals surface area contributed by atoms with E-state index in [0.29, 0.717) is 6.61 Å². The third kappa shape index (κ3) is 7.80. The molecule has 25 heavy (non-hydrogen) atoms. The largest absolute Gasteiger partial charge is 0.473 e. The molecule has 1 fully saturated rings. The van der Waals surface area contributed by atoms with Gasteiger partial charge >= 0.3 is 17.9 Å². The minimum absolute atomic E-state index is 0.0314. The first-order valence-electron chi connectivity index (χ1n) is 8.24. The van der Waals surface area contributed by atoms with Crippen LogP contribution in [0.3, 0.4) is 0 Å². The van der Waals surface area contributed by atoms with E-state index in [0.717, 1.165) is 32.5 Å². The minimum atomic E-state index is -1.82. The highest BCUT2D eigenvalue weighted by molar-refractivity contribution is 6.27. The molecule has 2 N–H and O–H groups in total. The summed E-state index contributed by atoms with van der Waals surface area (Å²) in [6, 6.07) is 8.62. The van der Waals surface area contributed by atoms with Crippen LogP contribution in [0.2, 0.25) is 0 Å². The Hall–Kier alpha value is -2.41. The summed E-state index contributed by atoms with van der Waals surface area (Å²) < 4.78 is 5.13. The number of piperidine rings is 1. The van der Waals surface area contributed by atoms with Crippen molar-refractivity contribution in [2.45, 2.75) is 33.2 Å². The van der Waals surface area contributed by atoms with Crippen LogP contribution < -0.4 is 0 Å². The summed E-state index contributed by atoms with van der Waals surface area (Å²) >= 11 is 0. The number of carboxylic acids is 2. The molecule has 0 bridgehead atoms. The van der Waals surface area contributed by atoms with Crippen molar-refractivity contribution in [3.63, 3.8) is 0 Å². The first kappa shape index (κ1) is 20.6. The van der Waals surface area contributed by atoms with Crippen LogP contribution in [-0.2, 0) is 25.7 Å². The van der Waals surface area contributed by atoms with Gasteiger partial charge in [0.05, 0.1) is 12.5 Å². The van der Waals surface area contributed by atoms with E-state index in [1.54, 1.807) is 0 Å². The fraction of sp³-hybridized carbons (Fsp3) is 0.500. The highest BCUT2D eigenvalue weighted by Crippen LogP contribution is 2.20. The number of hydrogen-bond donors (Lipinski definition) is 2. The zero-order valence-corrected chi connectivity index (χ0v) is 14.6. The summed E-state index contributed by atoms with van der Waals surface area (Å²) in [5, 5.41) is 14.8. The van der Waals surface area contributed by atoms with Crippen LogP contribution >= 0.6 is 0 Å².